The van der Waals surface area contributed by atoms with Crippen LogP contribution in [-0.4, -0.2) is 41.2 Å². The Morgan fingerprint density at radius 3 is 1.77 bits per heavy atom. The molecule has 8 unspecified atom stereocenters. The lowest BCUT2D eigenvalue weighted by atomic mass is 9.32. The van der Waals surface area contributed by atoms with Crippen molar-refractivity contribution in [1.29, 1.82) is 0 Å². The highest BCUT2D eigenvalue weighted by Crippen LogP contribution is 3.14. The maximum absolute atomic E-state index is 14.0. The highest BCUT2D eigenvalue weighted by Gasteiger charge is 3.14. The molecule has 0 aromatic heterocycles. The second kappa shape index (κ2) is 3.94. The molecule has 26 heavy (non-hydrogen) atoms. The summed E-state index contributed by atoms with van der Waals surface area (Å²) in [6.07, 6.45) is 0. The third kappa shape index (κ3) is 1.20. The van der Waals surface area contributed by atoms with E-state index in [1.807, 2.05) is 0 Å². The van der Waals surface area contributed by atoms with Gasteiger partial charge in [0.2, 0.25) is 5.91 Å². The van der Waals surface area contributed by atoms with Gasteiger partial charge in [-0.3, -0.25) is 4.79 Å². The topological polar surface area (TPSA) is 38.8 Å². The molecular weight excluding hydrogens is 325 g/mol. The number of carbonyl (C=O) groups is 1. The van der Waals surface area contributed by atoms with E-state index in [-0.39, 0.29) is 41.1 Å². The largest absolute Gasteiger partial charge is 0.466 e. The fourth-order valence-electron chi connectivity index (χ4n) is 8.69. The summed E-state index contributed by atoms with van der Waals surface area (Å²) in [5.41, 5.74) is -0.785. The van der Waals surface area contributed by atoms with E-state index in [2.05, 4.69) is 60.3 Å². The average Bonchev–Trinajstić information content (AvgIpc) is 3.22. The van der Waals surface area contributed by atoms with Gasteiger partial charge in [0.1, 0.15) is 0 Å². The highest BCUT2D eigenvalue weighted by molar-refractivity contribution is 6.54. The van der Waals surface area contributed by atoms with Crippen molar-refractivity contribution in [2.24, 2.45) is 40.9 Å². The molecule has 0 N–H and O–H groups in total. The zero-order chi connectivity index (χ0) is 18.8. The number of hydrogen-bond donors (Lipinski definition) is 0. The molecule has 0 radical (unpaired) electrons. The molecule has 142 valence electrons. The van der Waals surface area contributed by atoms with Gasteiger partial charge in [0, 0.05) is 17.4 Å². The third-order valence-electron chi connectivity index (χ3n) is 9.84. The fourth-order valence-corrected chi connectivity index (χ4v) is 8.69. The Balaban J connectivity index is 1.41. The van der Waals surface area contributed by atoms with Gasteiger partial charge in [0.15, 0.2) is 0 Å². The first-order valence-electron chi connectivity index (χ1n) is 10.7. The van der Waals surface area contributed by atoms with Crippen molar-refractivity contribution in [3.63, 3.8) is 0 Å². The summed E-state index contributed by atoms with van der Waals surface area (Å²) in [4.78, 5) is 16.1. The second-order valence-corrected chi connectivity index (χ2v) is 11.5. The molecule has 1 saturated heterocycles. The molecule has 6 saturated carbocycles. The minimum Gasteiger partial charge on any atom is -0.403 e. The van der Waals surface area contributed by atoms with Crippen molar-refractivity contribution in [2.75, 3.05) is 0 Å². The Morgan fingerprint density at radius 2 is 1.35 bits per heavy atom. The highest BCUT2D eigenvalue weighted by atomic mass is 16.7. The Morgan fingerprint density at radius 1 is 0.846 bits per heavy atom. The molecule has 0 spiro atoms. The fraction of sp³-hybridized carbons (Fsp3) is 0.952. The Kier molecular flexibility index (Phi) is 2.49. The maximum atomic E-state index is 14.0. The summed E-state index contributed by atoms with van der Waals surface area (Å²) >= 11 is 0. The molecule has 7 fully saturated rings. The van der Waals surface area contributed by atoms with Gasteiger partial charge < -0.3 is 14.2 Å². The van der Waals surface area contributed by atoms with E-state index >= 15 is 0 Å². The molecule has 6 aliphatic carbocycles. The summed E-state index contributed by atoms with van der Waals surface area (Å²) in [7, 11) is -0.197. The van der Waals surface area contributed by atoms with E-state index in [4.69, 9.17) is 9.31 Å². The summed E-state index contributed by atoms with van der Waals surface area (Å²) in [5, 5.41) is -0.00803. The molecule has 0 aromatic carbocycles. The molecule has 1 amide bonds. The molecule has 1 heterocycles. The Labute approximate surface area is 157 Å². The van der Waals surface area contributed by atoms with Crippen LogP contribution in [0.1, 0.15) is 55.4 Å². The van der Waals surface area contributed by atoms with Crippen LogP contribution in [-0.2, 0) is 14.1 Å². The molecule has 7 aliphatic rings. The quantitative estimate of drug-likeness (QED) is 0.726. The number of carbonyl (C=O) groups excluding carboxylic acids is 1. The first-order valence-corrected chi connectivity index (χ1v) is 10.7. The molecule has 8 atom stereocenters. The van der Waals surface area contributed by atoms with Crippen molar-refractivity contribution in [3.8, 4) is 0 Å². The van der Waals surface area contributed by atoms with Gasteiger partial charge in [-0.25, -0.2) is 0 Å². The number of amides is 1. The van der Waals surface area contributed by atoms with E-state index in [0.717, 1.165) is 11.8 Å². The lowest BCUT2D eigenvalue weighted by molar-refractivity contribution is -0.180. The summed E-state index contributed by atoms with van der Waals surface area (Å²) in [5.74, 6) is 4.74. The summed E-state index contributed by atoms with van der Waals surface area (Å²) in [6.45, 7) is 17.2. The van der Waals surface area contributed by atoms with Crippen LogP contribution in [0.15, 0.2) is 0 Å². The van der Waals surface area contributed by atoms with Gasteiger partial charge in [0.25, 0.3) is 0 Å². The average molecular weight is 357 g/mol. The predicted octanol–water partition coefficient (Wildman–Crippen LogP) is 3.22. The Bertz CT molecular complexity index is 724. The monoisotopic (exact) mass is 357 g/mol. The van der Waals surface area contributed by atoms with Crippen LogP contribution in [0.2, 0.25) is 5.31 Å². The number of rotatable bonds is 4. The molecule has 4 nitrogen and oxygen atoms in total. The van der Waals surface area contributed by atoms with E-state index in [0.29, 0.717) is 29.6 Å². The van der Waals surface area contributed by atoms with Gasteiger partial charge in [-0.15, -0.1) is 0 Å². The lowest BCUT2D eigenvalue weighted by Gasteiger charge is -2.63. The van der Waals surface area contributed by atoms with E-state index < -0.39 is 0 Å². The molecule has 7 rings (SSSR count). The van der Waals surface area contributed by atoms with Gasteiger partial charge in [-0.1, -0.05) is 0 Å². The summed E-state index contributed by atoms with van der Waals surface area (Å²) in [6, 6.07) is 0.497. The Hall–Kier alpha value is -0.545. The van der Waals surface area contributed by atoms with Crippen molar-refractivity contribution in [3.05, 3.63) is 0 Å². The van der Waals surface area contributed by atoms with Crippen LogP contribution in [0.25, 0.3) is 0 Å². The van der Waals surface area contributed by atoms with E-state index in [9.17, 15) is 4.79 Å². The maximum Gasteiger partial charge on any atom is 0.466 e. The molecule has 5 heteroatoms. The van der Waals surface area contributed by atoms with Crippen LogP contribution < -0.4 is 0 Å². The first kappa shape index (κ1) is 16.4. The van der Waals surface area contributed by atoms with Crippen molar-refractivity contribution < 1.29 is 14.1 Å². The molecular formula is C21H32BNO3. The van der Waals surface area contributed by atoms with Crippen molar-refractivity contribution in [1.82, 2.24) is 4.90 Å². The van der Waals surface area contributed by atoms with Crippen LogP contribution >= 0.6 is 0 Å². The zero-order valence-corrected chi connectivity index (χ0v) is 17.4. The van der Waals surface area contributed by atoms with Crippen LogP contribution in [0, 0.1) is 40.9 Å². The second-order valence-electron chi connectivity index (χ2n) is 11.5. The van der Waals surface area contributed by atoms with Crippen LogP contribution in [0.3, 0.4) is 0 Å². The van der Waals surface area contributed by atoms with E-state index in [1.54, 1.807) is 0 Å². The number of hydrogen-bond acceptors (Lipinski definition) is 3. The number of nitrogens with zero attached hydrogens (tertiary/aromatic N) is 1. The molecule has 1 aliphatic heterocycles. The van der Waals surface area contributed by atoms with Gasteiger partial charge in [-0.2, -0.15) is 0 Å². The first-order chi connectivity index (χ1) is 12.0. The van der Waals surface area contributed by atoms with Gasteiger partial charge in [0.05, 0.1) is 16.6 Å². The van der Waals surface area contributed by atoms with Crippen LogP contribution in [0.4, 0.5) is 0 Å². The van der Waals surface area contributed by atoms with Crippen molar-refractivity contribution >= 4 is 13.0 Å². The molecule has 0 bridgehead atoms. The predicted molar refractivity (Wildman–Crippen MR) is 99.3 cm³/mol. The minimum atomic E-state index is -0.313. The van der Waals surface area contributed by atoms with Crippen molar-refractivity contribution in [2.45, 2.75) is 84.0 Å². The van der Waals surface area contributed by atoms with Crippen LogP contribution in [0.5, 0.6) is 0 Å². The molecule has 0 aromatic rings. The summed E-state index contributed by atoms with van der Waals surface area (Å²) < 4.78 is 13.1. The third-order valence-corrected chi connectivity index (χ3v) is 9.84. The van der Waals surface area contributed by atoms with E-state index in [1.165, 1.54) is 0 Å². The normalized spacial score (nSPS) is 54.8. The SMILES string of the molecule is CC(C)N(C(=O)C12C3C4C3C1C1C4C12B1OC(C)(C)C(C)(C)O1)C(C)C. The van der Waals surface area contributed by atoms with Gasteiger partial charge in [-0.05, 0) is 90.9 Å². The smallest absolute Gasteiger partial charge is 0.403 e. The standard InChI is InChI=1S/C21H32BNO3/c1-9(2)23(10(3)4)17(24)20-13-11-12(13)15-16(14(11)20)21(15,20)22-25-18(5,6)19(7,8)26-22/h9-16H,1-8H3. The van der Waals surface area contributed by atoms with Gasteiger partial charge >= 0.3 is 7.12 Å². The zero-order valence-electron chi connectivity index (χ0n) is 17.4. The minimum absolute atomic E-state index is 0.00803. The lowest BCUT2D eigenvalue weighted by Crippen LogP contribution is -2.70.